The Morgan fingerprint density at radius 3 is 2.05 bits per heavy atom. The third kappa shape index (κ3) is 6.76. The van der Waals surface area contributed by atoms with Crippen LogP contribution in [0.5, 0.6) is 0 Å². The molecule has 1 saturated heterocycles. The average Bonchev–Trinajstić information content (AvgIpc) is 2.67. The first-order valence-electron chi connectivity index (χ1n) is 8.66. The van der Waals surface area contributed by atoms with E-state index < -0.39 is 8.80 Å². The highest BCUT2D eigenvalue weighted by Gasteiger charge is 2.22. The third-order valence-electron chi connectivity index (χ3n) is 4.53. The molecule has 19 heavy (non-hydrogen) atoms. The van der Waals surface area contributed by atoms with Gasteiger partial charge >= 0.3 is 0 Å². The summed E-state index contributed by atoms with van der Waals surface area (Å²) in [7, 11) is -0.581. The molecule has 0 N–H and O–H groups in total. The summed E-state index contributed by atoms with van der Waals surface area (Å²) in [6.07, 6.45) is 13.4. The van der Waals surface area contributed by atoms with Crippen molar-refractivity contribution in [3.05, 3.63) is 12.2 Å². The second-order valence-electron chi connectivity index (χ2n) is 6.24. The van der Waals surface area contributed by atoms with Crippen molar-refractivity contribution < 1.29 is 0 Å². The maximum atomic E-state index is 2.77. The van der Waals surface area contributed by atoms with Crippen molar-refractivity contribution in [3.8, 4) is 0 Å². The molecule has 1 heterocycles. The smallest absolute Gasteiger partial charge is 0.0457 e. The number of hydrogen-bond acceptors (Lipinski definition) is 1. The van der Waals surface area contributed by atoms with E-state index in [-0.39, 0.29) is 0 Å². The third-order valence-corrected chi connectivity index (χ3v) is 8.81. The van der Waals surface area contributed by atoms with E-state index in [0.29, 0.717) is 0 Å². The lowest BCUT2D eigenvalue weighted by Crippen LogP contribution is -2.33. The quantitative estimate of drug-likeness (QED) is 0.454. The van der Waals surface area contributed by atoms with E-state index in [1.54, 1.807) is 0 Å². The van der Waals surface area contributed by atoms with Gasteiger partial charge in [-0.3, -0.25) is 0 Å². The van der Waals surface area contributed by atoms with Crippen LogP contribution >= 0.6 is 0 Å². The molecule has 1 unspecified atom stereocenters. The first kappa shape index (κ1) is 17.0. The molecule has 1 fully saturated rings. The Morgan fingerprint density at radius 2 is 1.58 bits per heavy atom. The van der Waals surface area contributed by atoms with Crippen LogP contribution in [0.15, 0.2) is 12.2 Å². The Balaban J connectivity index is 2.57. The molecule has 0 aromatic heterocycles. The van der Waals surface area contributed by atoms with Crippen LogP contribution in [0.1, 0.15) is 59.3 Å². The molecule has 0 aliphatic carbocycles. The van der Waals surface area contributed by atoms with Crippen LogP contribution < -0.4 is 0 Å². The van der Waals surface area contributed by atoms with Gasteiger partial charge in [0.15, 0.2) is 0 Å². The highest BCUT2D eigenvalue weighted by molar-refractivity contribution is 6.61. The van der Waals surface area contributed by atoms with Crippen LogP contribution in [0, 0.1) is 0 Å². The Labute approximate surface area is 123 Å². The monoisotopic (exact) mass is 281 g/mol. The average molecular weight is 282 g/mol. The minimum Gasteiger partial charge on any atom is -0.303 e. The molecule has 1 nitrogen and oxygen atoms in total. The fraction of sp³-hybridized carbons (Fsp3) is 0.882. The van der Waals surface area contributed by atoms with Crippen molar-refractivity contribution in [3.63, 3.8) is 0 Å². The Kier molecular flexibility index (Phi) is 9.53. The first-order chi connectivity index (χ1) is 9.31. The van der Waals surface area contributed by atoms with Crippen molar-refractivity contribution in [2.45, 2.75) is 76.9 Å². The maximum absolute atomic E-state index is 2.77. The zero-order valence-electron chi connectivity index (χ0n) is 13.5. The van der Waals surface area contributed by atoms with Crippen molar-refractivity contribution in [2.75, 3.05) is 19.6 Å². The summed E-state index contributed by atoms with van der Waals surface area (Å²) >= 11 is 0. The maximum Gasteiger partial charge on any atom is 0.0457 e. The highest BCUT2D eigenvalue weighted by Crippen LogP contribution is 2.24. The van der Waals surface area contributed by atoms with E-state index >= 15 is 0 Å². The number of likely N-dealkylation sites (tertiary alicyclic amines) is 1. The molecule has 1 rings (SSSR count). The zero-order chi connectivity index (χ0) is 13.9. The van der Waals surface area contributed by atoms with E-state index in [0.717, 1.165) is 5.54 Å². The second-order valence-corrected chi connectivity index (χ2v) is 9.77. The molecule has 1 aliphatic rings. The second kappa shape index (κ2) is 10.7. The van der Waals surface area contributed by atoms with Crippen molar-refractivity contribution in [1.82, 2.24) is 4.90 Å². The molecule has 1 atom stereocenters. The molecule has 0 saturated carbocycles. The van der Waals surface area contributed by atoms with Crippen LogP contribution in [0.3, 0.4) is 0 Å². The minimum atomic E-state index is -0.581. The van der Waals surface area contributed by atoms with E-state index in [1.807, 2.05) is 0 Å². The van der Waals surface area contributed by atoms with Gasteiger partial charge in [0.05, 0.1) is 0 Å². The van der Waals surface area contributed by atoms with Crippen LogP contribution in [0.25, 0.3) is 0 Å². The molecule has 112 valence electrons. The predicted octanol–water partition coefficient (Wildman–Crippen LogP) is 4.86. The van der Waals surface area contributed by atoms with Gasteiger partial charge in [0, 0.05) is 15.3 Å². The number of nitrogens with zero attached hydrogens (tertiary/aromatic N) is 1. The summed E-state index contributed by atoms with van der Waals surface area (Å²) in [5.41, 5.74) is 0.919. The summed E-state index contributed by atoms with van der Waals surface area (Å²) < 4.78 is 0. The first-order valence-corrected chi connectivity index (χ1v) is 11.0. The summed E-state index contributed by atoms with van der Waals surface area (Å²) in [6.45, 7) is 11.0. The SMILES string of the molecule is CC=CC(CN1CCCCCC1)[SiH](CCC)CCC. The number of rotatable bonds is 8. The van der Waals surface area contributed by atoms with E-state index in [1.165, 1.54) is 70.2 Å². The summed E-state index contributed by atoms with van der Waals surface area (Å²) in [5.74, 6) is 0. The normalized spacial score (nSPS) is 20.0. The minimum absolute atomic E-state index is 0.581. The molecule has 2 heteroatoms. The molecule has 0 aromatic carbocycles. The number of hydrogen-bond donors (Lipinski definition) is 0. The lowest BCUT2D eigenvalue weighted by Gasteiger charge is -2.29. The molecule has 0 radical (unpaired) electrons. The molecular formula is C17H35NSi. The van der Waals surface area contributed by atoms with Crippen molar-refractivity contribution in [1.29, 1.82) is 0 Å². The lowest BCUT2D eigenvalue weighted by atomic mass is 10.2. The predicted molar refractivity (Wildman–Crippen MR) is 90.8 cm³/mol. The summed E-state index contributed by atoms with van der Waals surface area (Å²) in [5, 5.41) is 0. The van der Waals surface area contributed by atoms with Crippen molar-refractivity contribution in [2.24, 2.45) is 0 Å². The lowest BCUT2D eigenvalue weighted by molar-refractivity contribution is 0.289. The van der Waals surface area contributed by atoms with Crippen LogP contribution in [0.2, 0.25) is 17.6 Å². The Morgan fingerprint density at radius 1 is 1.00 bits per heavy atom. The van der Waals surface area contributed by atoms with E-state index in [9.17, 15) is 0 Å². The number of allylic oxidation sites excluding steroid dienone is 1. The fourth-order valence-electron chi connectivity index (χ4n) is 3.55. The van der Waals surface area contributed by atoms with E-state index in [4.69, 9.17) is 0 Å². The van der Waals surface area contributed by atoms with Gasteiger partial charge in [-0.15, -0.1) is 0 Å². The van der Waals surface area contributed by atoms with Gasteiger partial charge in [-0.2, -0.15) is 0 Å². The van der Waals surface area contributed by atoms with Gasteiger partial charge in [-0.05, 0) is 38.4 Å². The molecular weight excluding hydrogens is 246 g/mol. The molecule has 0 aromatic rings. The van der Waals surface area contributed by atoms with Crippen molar-refractivity contribution >= 4 is 8.80 Å². The fourth-order valence-corrected chi connectivity index (χ4v) is 7.31. The van der Waals surface area contributed by atoms with Gasteiger partial charge in [0.1, 0.15) is 0 Å². The molecule has 0 spiro atoms. The van der Waals surface area contributed by atoms with Gasteiger partial charge in [0.2, 0.25) is 0 Å². The van der Waals surface area contributed by atoms with Crippen LogP contribution in [-0.4, -0.2) is 33.3 Å². The van der Waals surface area contributed by atoms with Crippen LogP contribution in [0.4, 0.5) is 0 Å². The standard InChI is InChI=1S/C17H35NSi/c1-4-11-17(19(14-5-2)15-6-3)16-18-12-9-7-8-10-13-18/h4,11,17,19H,5-10,12-16H2,1-3H3. The zero-order valence-corrected chi connectivity index (χ0v) is 14.7. The van der Waals surface area contributed by atoms with Gasteiger partial charge in [-0.1, -0.05) is 63.8 Å². The molecule has 0 bridgehead atoms. The molecule has 0 amide bonds. The Bertz CT molecular complexity index is 225. The topological polar surface area (TPSA) is 3.24 Å². The van der Waals surface area contributed by atoms with E-state index in [2.05, 4.69) is 37.8 Å². The molecule has 1 aliphatic heterocycles. The highest BCUT2D eigenvalue weighted by atomic mass is 28.3. The van der Waals surface area contributed by atoms with Gasteiger partial charge < -0.3 is 4.90 Å². The summed E-state index contributed by atoms with van der Waals surface area (Å²) in [4.78, 5) is 2.77. The summed E-state index contributed by atoms with van der Waals surface area (Å²) in [6, 6.07) is 3.08. The van der Waals surface area contributed by atoms with Crippen LogP contribution in [-0.2, 0) is 0 Å². The Hall–Kier alpha value is -0.0831. The van der Waals surface area contributed by atoms with Gasteiger partial charge in [0.25, 0.3) is 0 Å². The van der Waals surface area contributed by atoms with Gasteiger partial charge in [-0.25, -0.2) is 0 Å². The largest absolute Gasteiger partial charge is 0.303 e.